The highest BCUT2D eigenvalue weighted by atomic mass is 16.6. The number of rotatable bonds is 10. The number of hydrogen-bond donors (Lipinski definition) is 3. The summed E-state index contributed by atoms with van der Waals surface area (Å²) in [4.78, 5) is 26.8. The summed E-state index contributed by atoms with van der Waals surface area (Å²) in [7, 11) is -1.76. The lowest BCUT2D eigenvalue weighted by Gasteiger charge is -2.24. The van der Waals surface area contributed by atoms with E-state index in [0.29, 0.717) is 17.7 Å². The molecule has 184 valence electrons. The molecule has 0 aliphatic carbocycles. The van der Waals surface area contributed by atoms with Crippen LogP contribution in [0.2, 0.25) is 0 Å². The van der Waals surface area contributed by atoms with E-state index in [1.54, 1.807) is 36.1 Å². The van der Waals surface area contributed by atoms with Gasteiger partial charge in [-0.05, 0) is 62.9 Å². The minimum atomic E-state index is -1.76. The summed E-state index contributed by atoms with van der Waals surface area (Å²) in [5.74, 6) is -1.29. The highest BCUT2D eigenvalue weighted by molar-refractivity contribution is 6.43. The molecule has 0 saturated carbocycles. The zero-order valence-corrected chi connectivity index (χ0v) is 20.5. The fourth-order valence-electron chi connectivity index (χ4n) is 3.62. The smallest absolute Gasteiger partial charge is 0.442 e. The highest BCUT2D eigenvalue weighted by Gasteiger charge is 2.27. The molecular weight excluding hydrogens is 445 g/mol. The van der Waals surface area contributed by atoms with Crippen molar-refractivity contribution < 1.29 is 24.4 Å². The van der Waals surface area contributed by atoms with Gasteiger partial charge in [0.1, 0.15) is 17.7 Å². The van der Waals surface area contributed by atoms with Gasteiger partial charge in [0.25, 0.3) is 5.91 Å². The number of carbonyl (C=O) groups is 2. The number of nitrogens with zero attached hydrogens (tertiary/aromatic N) is 2. The van der Waals surface area contributed by atoms with Crippen LogP contribution >= 0.6 is 0 Å². The molecule has 2 amide bonds. The molecule has 0 heterocycles. The van der Waals surface area contributed by atoms with Crippen molar-refractivity contribution in [2.24, 2.45) is 0 Å². The van der Waals surface area contributed by atoms with Gasteiger partial charge in [0.05, 0.1) is 5.94 Å². The van der Waals surface area contributed by atoms with Gasteiger partial charge in [-0.25, -0.2) is 4.79 Å². The first-order valence-corrected chi connectivity index (χ1v) is 11.6. The number of carbonyl (C=O) groups excluding carboxylic acids is 2. The van der Waals surface area contributed by atoms with Crippen LogP contribution in [0.5, 0.6) is 0 Å². The molecular formula is C26H32BN3O5. The van der Waals surface area contributed by atoms with E-state index < -0.39 is 25.3 Å². The Morgan fingerprint density at radius 2 is 1.83 bits per heavy atom. The standard InChI is InChI=1S/C26H32BN3O5/c1-5-30(18(2)3)25(31)23(17-28)15-21-12-9-13-22(14-21)19(4)35-26(32)29-24(27(33)34)16-20-10-7-6-8-11-20/h6-15,18-19,24,33-34H,5,16H2,1-4H3,(H,29,32). The minimum absolute atomic E-state index is 0.0182. The first kappa shape index (κ1) is 27.6. The average molecular weight is 477 g/mol. The van der Waals surface area contributed by atoms with E-state index in [0.717, 1.165) is 5.56 Å². The third-order valence-electron chi connectivity index (χ3n) is 5.51. The van der Waals surface area contributed by atoms with E-state index in [2.05, 4.69) is 5.32 Å². The Hall–Kier alpha value is -3.61. The number of benzene rings is 2. The van der Waals surface area contributed by atoms with Crippen LogP contribution in [0, 0.1) is 11.3 Å². The fourth-order valence-corrected chi connectivity index (χ4v) is 3.62. The lowest BCUT2D eigenvalue weighted by molar-refractivity contribution is -0.128. The van der Waals surface area contributed by atoms with Crippen LogP contribution in [-0.2, 0) is 16.0 Å². The number of nitriles is 1. The fraction of sp³-hybridized carbons (Fsp3) is 0.346. The lowest BCUT2D eigenvalue weighted by atomic mass is 9.76. The van der Waals surface area contributed by atoms with Crippen LogP contribution < -0.4 is 5.32 Å². The van der Waals surface area contributed by atoms with Gasteiger partial charge in [-0.1, -0.05) is 48.5 Å². The van der Waals surface area contributed by atoms with Crippen LogP contribution in [0.15, 0.2) is 60.2 Å². The highest BCUT2D eigenvalue weighted by Crippen LogP contribution is 2.20. The normalized spacial score (nSPS) is 12.9. The van der Waals surface area contributed by atoms with Gasteiger partial charge < -0.3 is 25.0 Å². The first-order valence-electron chi connectivity index (χ1n) is 11.6. The molecule has 0 aliphatic heterocycles. The maximum atomic E-state index is 12.7. The zero-order valence-electron chi connectivity index (χ0n) is 20.5. The van der Waals surface area contributed by atoms with Crippen LogP contribution in [0.3, 0.4) is 0 Å². The first-order chi connectivity index (χ1) is 16.7. The molecule has 2 rings (SSSR count). The van der Waals surface area contributed by atoms with E-state index >= 15 is 0 Å². The van der Waals surface area contributed by atoms with Gasteiger partial charge in [-0.2, -0.15) is 5.26 Å². The molecule has 0 aromatic heterocycles. The van der Waals surface area contributed by atoms with Crippen molar-refractivity contribution >= 4 is 25.2 Å². The number of alkyl carbamates (subject to hydrolysis) is 1. The predicted molar refractivity (Wildman–Crippen MR) is 135 cm³/mol. The summed E-state index contributed by atoms with van der Waals surface area (Å²) in [6, 6.07) is 18.1. The molecule has 0 fully saturated rings. The maximum Gasteiger partial charge on any atom is 0.475 e. The summed E-state index contributed by atoms with van der Waals surface area (Å²) >= 11 is 0. The van der Waals surface area contributed by atoms with Gasteiger partial charge >= 0.3 is 13.2 Å². The van der Waals surface area contributed by atoms with Crippen molar-refractivity contribution in [2.45, 2.75) is 52.2 Å². The molecule has 0 spiro atoms. The van der Waals surface area contributed by atoms with E-state index in [1.807, 2.05) is 57.2 Å². The van der Waals surface area contributed by atoms with E-state index in [4.69, 9.17) is 4.74 Å². The lowest BCUT2D eigenvalue weighted by Crippen LogP contribution is -2.48. The van der Waals surface area contributed by atoms with Crippen molar-refractivity contribution in [3.05, 3.63) is 76.9 Å². The summed E-state index contributed by atoms with van der Waals surface area (Å²) in [6.45, 7) is 7.81. The summed E-state index contributed by atoms with van der Waals surface area (Å²) in [5, 5.41) is 31.4. The summed E-state index contributed by atoms with van der Waals surface area (Å²) in [6.07, 6.45) is 0.275. The van der Waals surface area contributed by atoms with Gasteiger partial charge in [-0.3, -0.25) is 4.79 Å². The Labute approximate surface area is 207 Å². The van der Waals surface area contributed by atoms with Crippen LogP contribution in [0.1, 0.15) is 50.5 Å². The summed E-state index contributed by atoms with van der Waals surface area (Å²) < 4.78 is 5.44. The van der Waals surface area contributed by atoms with Gasteiger partial charge in [0.2, 0.25) is 0 Å². The third-order valence-corrected chi connectivity index (χ3v) is 5.51. The number of ether oxygens (including phenoxy) is 1. The third kappa shape index (κ3) is 8.28. The molecule has 0 radical (unpaired) electrons. The minimum Gasteiger partial charge on any atom is -0.442 e. The Kier molecular flexibility index (Phi) is 10.5. The Balaban J connectivity index is 2.10. The van der Waals surface area contributed by atoms with E-state index in [-0.39, 0.29) is 23.9 Å². The second kappa shape index (κ2) is 13.3. The summed E-state index contributed by atoms with van der Waals surface area (Å²) in [5.41, 5.74) is 2.12. The van der Waals surface area contributed by atoms with Crippen LogP contribution in [0.4, 0.5) is 4.79 Å². The number of likely N-dealkylation sites (N-methyl/N-ethyl adjacent to an activating group) is 1. The zero-order chi connectivity index (χ0) is 26.0. The quantitative estimate of drug-likeness (QED) is 0.274. The van der Waals surface area contributed by atoms with Crippen molar-refractivity contribution in [2.75, 3.05) is 6.54 Å². The predicted octanol–water partition coefficient (Wildman–Crippen LogP) is 3.26. The topological polar surface area (TPSA) is 123 Å². The number of hydrogen-bond acceptors (Lipinski definition) is 6. The largest absolute Gasteiger partial charge is 0.475 e. The number of nitrogens with one attached hydrogen (secondary N) is 1. The molecule has 2 unspecified atom stereocenters. The number of amides is 2. The molecule has 2 atom stereocenters. The molecule has 0 aliphatic rings. The molecule has 0 saturated heterocycles. The van der Waals surface area contributed by atoms with Crippen molar-refractivity contribution in [1.82, 2.24) is 10.2 Å². The second-order valence-corrected chi connectivity index (χ2v) is 8.43. The van der Waals surface area contributed by atoms with Gasteiger partial charge in [0, 0.05) is 12.6 Å². The second-order valence-electron chi connectivity index (χ2n) is 8.43. The van der Waals surface area contributed by atoms with Gasteiger partial charge in [-0.15, -0.1) is 0 Å². The van der Waals surface area contributed by atoms with E-state index in [1.165, 1.54) is 6.08 Å². The molecule has 8 nitrogen and oxygen atoms in total. The average Bonchev–Trinajstić information content (AvgIpc) is 2.83. The monoisotopic (exact) mass is 477 g/mol. The Morgan fingerprint density at radius 1 is 1.14 bits per heavy atom. The molecule has 35 heavy (non-hydrogen) atoms. The van der Waals surface area contributed by atoms with Crippen molar-refractivity contribution in [3.8, 4) is 6.07 Å². The molecule has 2 aromatic rings. The molecule has 2 aromatic carbocycles. The molecule has 3 N–H and O–H groups in total. The van der Waals surface area contributed by atoms with E-state index in [9.17, 15) is 24.9 Å². The molecule has 0 bridgehead atoms. The van der Waals surface area contributed by atoms with Crippen molar-refractivity contribution in [3.63, 3.8) is 0 Å². The SMILES string of the molecule is CCN(C(=O)C(C#N)=Cc1cccc(C(C)OC(=O)NC(Cc2ccccc2)B(O)O)c1)C(C)C. The Bertz CT molecular complexity index is 1070. The Morgan fingerprint density at radius 3 is 2.40 bits per heavy atom. The van der Waals surface area contributed by atoms with Crippen molar-refractivity contribution in [1.29, 1.82) is 5.26 Å². The van der Waals surface area contributed by atoms with Gasteiger partial charge in [0.15, 0.2) is 0 Å². The maximum absolute atomic E-state index is 12.7. The van der Waals surface area contributed by atoms with Crippen LogP contribution in [-0.4, -0.2) is 52.6 Å². The molecule has 9 heteroatoms. The van der Waals surface area contributed by atoms with Crippen LogP contribution in [0.25, 0.3) is 6.08 Å².